The fourth-order valence-electron chi connectivity index (χ4n) is 12.1. The van der Waals surface area contributed by atoms with Crippen molar-refractivity contribution in [1.82, 2.24) is 73.4 Å². The summed E-state index contributed by atoms with van der Waals surface area (Å²) in [5, 5.41) is 59.5. The van der Waals surface area contributed by atoms with Crippen LogP contribution in [0.15, 0.2) is 78.2 Å². The van der Waals surface area contributed by atoms with Crippen molar-refractivity contribution in [3.63, 3.8) is 0 Å². The number of aromatic nitrogens is 2. The first-order valence-corrected chi connectivity index (χ1v) is 37.5. The quantitative estimate of drug-likeness (QED) is 0.0146. The maximum absolute atomic E-state index is 15.0. The standard InChI is InChI=1S/C74H116N20O17/c1-11-41(8)58(71(108)90-57(40(6)7)70(107)92-59(42(9)95)72(109)94-31-21-28-53(94)67(104)84-48(27-20-30-81-74(78)79)62(99)93-60(43(10)96)73(110)111)91-66(103)52(35-54(76)97)87-61(98)47(26-18-19-29-75)83-63(100)49(32-44-22-14-12-15-23-44)85-64(101)50(33-45-24-16-13-17-25-45)86-65(102)51(34-46-36-80-37-82-46)88-69(106)56(39(4)5)89-68(105)55(77)38(2)3/h12-17,22-25,36-43,47-53,55-60,95-96H,11,18-21,26-35,75,77H2,1-10H3,(H2,76,97)(H,80,82)(H,83,100)(H,84,104)(H,85,101)(H,86,102)(H,87,98)(H,88,106)(H,89,105)(H,90,108)(H,91,103)(H,92,107)(H,93,99)(H,110,111)(H4,78,79,81)/t41-,42+,43+,47-,48-,49-,50-,51-,52-,53-,55-,56-,57-,58-,59-,60-/m0/s1. The van der Waals surface area contributed by atoms with Gasteiger partial charge in [0.1, 0.15) is 66.5 Å². The number of benzene rings is 2. The van der Waals surface area contributed by atoms with Crippen LogP contribution < -0.4 is 87.2 Å². The second kappa shape index (κ2) is 46.1. The van der Waals surface area contributed by atoms with Crippen LogP contribution in [-0.2, 0) is 86.4 Å². The van der Waals surface area contributed by atoms with Crippen LogP contribution in [0.3, 0.4) is 0 Å². The molecular weight excluding hydrogens is 1440 g/mol. The Labute approximate surface area is 646 Å². The van der Waals surface area contributed by atoms with Crippen molar-refractivity contribution < 1.29 is 82.4 Å². The number of imidazole rings is 1. The number of unbranched alkanes of at least 4 members (excludes halogenated alkanes) is 1. The summed E-state index contributed by atoms with van der Waals surface area (Å²) in [6.45, 7) is 15.7. The van der Waals surface area contributed by atoms with E-state index in [2.05, 4.69) is 73.4 Å². The Morgan fingerprint density at radius 3 is 1.43 bits per heavy atom. The van der Waals surface area contributed by atoms with Gasteiger partial charge in [-0.15, -0.1) is 0 Å². The molecule has 614 valence electrons. The number of amides is 13. The van der Waals surface area contributed by atoms with E-state index in [-0.39, 0.29) is 95.7 Å². The van der Waals surface area contributed by atoms with Gasteiger partial charge in [-0.2, -0.15) is 0 Å². The highest BCUT2D eigenvalue weighted by Crippen LogP contribution is 2.22. The smallest absolute Gasteiger partial charge is 0.328 e. The van der Waals surface area contributed by atoms with Crippen molar-refractivity contribution in [2.75, 3.05) is 19.6 Å². The number of aliphatic carboxylic acids is 1. The molecule has 1 fully saturated rings. The predicted molar refractivity (Wildman–Crippen MR) is 408 cm³/mol. The molecule has 1 saturated heterocycles. The van der Waals surface area contributed by atoms with Crippen molar-refractivity contribution in [2.45, 2.75) is 237 Å². The van der Waals surface area contributed by atoms with Crippen LogP contribution in [0.2, 0.25) is 0 Å². The van der Waals surface area contributed by atoms with E-state index in [1.54, 1.807) is 116 Å². The van der Waals surface area contributed by atoms with Gasteiger partial charge in [-0.1, -0.05) is 122 Å². The van der Waals surface area contributed by atoms with Crippen molar-refractivity contribution >= 4 is 88.7 Å². The third kappa shape index (κ3) is 30.3. The summed E-state index contributed by atoms with van der Waals surface area (Å²) in [6, 6.07) is -1.87. The second-order valence-corrected chi connectivity index (χ2v) is 29.0. The van der Waals surface area contributed by atoms with Gasteiger partial charge in [-0.25, -0.2) is 9.78 Å². The topological polar surface area (TPSA) is 606 Å². The van der Waals surface area contributed by atoms with E-state index >= 15 is 0 Å². The minimum atomic E-state index is -1.82. The van der Waals surface area contributed by atoms with Crippen molar-refractivity contribution in [3.05, 3.63) is 90.0 Å². The van der Waals surface area contributed by atoms with Crippen molar-refractivity contribution in [1.29, 1.82) is 0 Å². The molecule has 0 radical (unpaired) electrons. The number of hydrogen-bond donors (Lipinski definition) is 20. The van der Waals surface area contributed by atoms with Crippen LogP contribution in [-0.4, -0.2) is 229 Å². The van der Waals surface area contributed by atoms with E-state index in [9.17, 15) is 82.4 Å². The van der Waals surface area contributed by atoms with E-state index < -0.39 is 198 Å². The summed E-state index contributed by atoms with van der Waals surface area (Å²) in [7, 11) is 0. The van der Waals surface area contributed by atoms with Crippen molar-refractivity contribution in [3.8, 4) is 0 Å². The number of nitrogens with two attached hydrogens (primary N) is 5. The Kier molecular flexibility index (Phi) is 38.5. The van der Waals surface area contributed by atoms with Crippen LogP contribution in [0.1, 0.15) is 144 Å². The number of nitrogens with one attached hydrogen (secondary N) is 12. The van der Waals surface area contributed by atoms with E-state index in [1.165, 1.54) is 19.4 Å². The molecule has 0 aliphatic carbocycles. The molecule has 25 N–H and O–H groups in total. The third-order valence-corrected chi connectivity index (χ3v) is 18.9. The summed E-state index contributed by atoms with van der Waals surface area (Å²) in [6.07, 6.45) is -0.737. The number of carboxylic acid groups (broad SMARTS) is 1. The lowest BCUT2D eigenvalue weighted by atomic mass is 9.95. The summed E-state index contributed by atoms with van der Waals surface area (Å²) in [5.74, 6) is -15.9. The lowest BCUT2D eigenvalue weighted by Crippen LogP contribution is -2.63. The minimum absolute atomic E-state index is 0.0102. The average molecular weight is 1560 g/mol. The largest absolute Gasteiger partial charge is 0.480 e. The molecule has 2 aromatic carbocycles. The fraction of sp³-hybridized carbons (Fsp3) is 0.595. The highest BCUT2D eigenvalue weighted by molar-refractivity contribution is 6.01. The first-order valence-electron chi connectivity index (χ1n) is 37.5. The predicted octanol–water partition coefficient (Wildman–Crippen LogP) is -3.99. The molecule has 3 aromatic rings. The zero-order valence-electron chi connectivity index (χ0n) is 64.8. The molecule has 1 aromatic heterocycles. The Hall–Kier alpha value is -10.7. The zero-order chi connectivity index (χ0) is 82.9. The minimum Gasteiger partial charge on any atom is -0.480 e. The molecule has 0 spiro atoms. The number of rotatable bonds is 47. The molecule has 37 heteroatoms. The second-order valence-electron chi connectivity index (χ2n) is 29.0. The lowest BCUT2D eigenvalue weighted by molar-refractivity contribution is -0.146. The normalized spacial score (nSPS) is 16.8. The van der Waals surface area contributed by atoms with Crippen LogP contribution in [0.4, 0.5) is 0 Å². The number of aromatic amines is 1. The number of nitrogens with zero attached hydrogens (tertiary/aromatic N) is 3. The molecule has 0 unspecified atom stereocenters. The zero-order valence-corrected chi connectivity index (χ0v) is 64.8. The molecule has 1 aliphatic rings. The van der Waals surface area contributed by atoms with Crippen LogP contribution in [0.25, 0.3) is 0 Å². The first kappa shape index (κ1) is 92.7. The Morgan fingerprint density at radius 1 is 0.523 bits per heavy atom. The summed E-state index contributed by atoms with van der Waals surface area (Å²) in [5.41, 5.74) is 30.1. The van der Waals surface area contributed by atoms with Gasteiger partial charge in [-0.05, 0) is 100 Å². The van der Waals surface area contributed by atoms with Gasteiger partial charge in [0.25, 0.3) is 0 Å². The number of hydrogen-bond acceptors (Lipinski definition) is 20. The van der Waals surface area contributed by atoms with Gasteiger partial charge in [0.05, 0.1) is 31.0 Å². The Balaban J connectivity index is 1.62. The van der Waals surface area contributed by atoms with Crippen LogP contribution >= 0.6 is 0 Å². The summed E-state index contributed by atoms with van der Waals surface area (Å²) in [4.78, 5) is 209. The van der Waals surface area contributed by atoms with Gasteiger partial charge in [0.15, 0.2) is 12.0 Å². The fourth-order valence-corrected chi connectivity index (χ4v) is 12.1. The number of carboxylic acids is 1. The monoisotopic (exact) mass is 1560 g/mol. The number of guanidine groups is 1. The van der Waals surface area contributed by atoms with Gasteiger partial charge in [-0.3, -0.25) is 67.3 Å². The van der Waals surface area contributed by atoms with E-state index in [4.69, 9.17) is 28.7 Å². The molecular formula is C74H116N20O17. The van der Waals surface area contributed by atoms with Crippen molar-refractivity contribution in [2.24, 2.45) is 57.3 Å². The number of aliphatic hydroxyl groups is 2. The molecule has 0 bridgehead atoms. The number of aliphatic imine (C=N–C) groups is 1. The third-order valence-electron chi connectivity index (χ3n) is 18.9. The molecule has 37 nitrogen and oxygen atoms in total. The van der Waals surface area contributed by atoms with E-state index in [1.807, 2.05) is 0 Å². The molecule has 0 saturated carbocycles. The van der Waals surface area contributed by atoms with E-state index in [0.717, 1.165) is 11.8 Å². The molecule has 16 atom stereocenters. The highest BCUT2D eigenvalue weighted by atomic mass is 16.4. The number of carbonyl (C=O) groups is 14. The van der Waals surface area contributed by atoms with Gasteiger partial charge in [0.2, 0.25) is 76.8 Å². The number of carbonyl (C=O) groups excluding carboxylic acids is 13. The first-order chi connectivity index (χ1) is 52.4. The number of primary amides is 1. The maximum Gasteiger partial charge on any atom is 0.328 e. The number of aliphatic hydroxyl groups excluding tert-OH is 2. The Morgan fingerprint density at radius 2 is 0.955 bits per heavy atom. The highest BCUT2D eigenvalue weighted by Gasteiger charge is 2.43. The molecule has 111 heavy (non-hydrogen) atoms. The van der Waals surface area contributed by atoms with Gasteiger partial charge in [0, 0.05) is 44.2 Å². The molecule has 2 heterocycles. The number of H-pyrrole nitrogens is 1. The molecule has 1 aliphatic heterocycles. The Bertz CT molecular complexity index is 3620. The summed E-state index contributed by atoms with van der Waals surface area (Å²) >= 11 is 0. The van der Waals surface area contributed by atoms with Gasteiger partial charge < -0.3 is 112 Å². The molecule has 13 amide bonds. The van der Waals surface area contributed by atoms with E-state index in [0.29, 0.717) is 23.2 Å². The lowest BCUT2D eigenvalue weighted by Gasteiger charge is -2.33. The van der Waals surface area contributed by atoms with Crippen LogP contribution in [0, 0.1) is 23.7 Å². The van der Waals surface area contributed by atoms with Gasteiger partial charge >= 0.3 is 5.97 Å². The maximum atomic E-state index is 15.0. The molecule has 4 rings (SSSR count). The van der Waals surface area contributed by atoms with Crippen LogP contribution in [0.5, 0.6) is 0 Å². The average Bonchev–Trinajstić information content (AvgIpc) is 1.72. The SMILES string of the molecule is CC[C@H](C)[C@H](NC(=O)[C@H](CC(N)=O)NC(=O)[C@H](CCCCN)NC(=O)[C@H](Cc1ccccc1)NC(=O)[C@H](Cc1ccccc1)NC(=O)[C@H](Cc1cnc[nH]1)NC(=O)[C@@H](NC(=O)[C@@H](N)C(C)C)C(C)C)C(=O)N[C@H](C(=O)N[C@H](C(=O)N1CCC[C@H]1C(=O)N[C@@H](CCCN=C(N)N)C(=O)N[C@H](C(=O)O)[C@@H](C)O)[C@@H](C)O)C(C)C. The number of likely N-dealkylation sites (tertiary alicyclic amines) is 1. The summed E-state index contributed by atoms with van der Waals surface area (Å²) < 4.78 is 0.